The van der Waals surface area contributed by atoms with Crippen LogP contribution in [0.25, 0.3) is 11.8 Å². The zero-order valence-electron chi connectivity index (χ0n) is 10.9. The molecule has 2 aromatic rings. The molecule has 1 aromatic heterocycles. The Morgan fingerprint density at radius 1 is 1.38 bits per heavy atom. The van der Waals surface area contributed by atoms with Gasteiger partial charge in [0.15, 0.2) is 0 Å². The van der Waals surface area contributed by atoms with E-state index >= 15 is 0 Å². The van der Waals surface area contributed by atoms with Gasteiger partial charge in [0, 0.05) is 17.2 Å². The van der Waals surface area contributed by atoms with Gasteiger partial charge in [0.1, 0.15) is 11.4 Å². The van der Waals surface area contributed by atoms with Gasteiger partial charge < -0.3 is 10.2 Å². The van der Waals surface area contributed by atoms with Gasteiger partial charge in [0.25, 0.3) is 5.56 Å². The minimum Gasteiger partial charge on any atom is -0.505 e. The predicted octanol–water partition coefficient (Wildman–Crippen LogP) is 2.00. The van der Waals surface area contributed by atoms with E-state index < -0.39 is 17.3 Å². The van der Waals surface area contributed by atoms with E-state index in [1.165, 1.54) is 0 Å². The highest BCUT2D eigenvalue weighted by Gasteiger charge is 2.09. The van der Waals surface area contributed by atoms with Gasteiger partial charge in [-0.05, 0) is 30.7 Å². The molecule has 21 heavy (non-hydrogen) atoms. The number of benzene rings is 1. The Balaban J connectivity index is 2.58. The van der Waals surface area contributed by atoms with Crippen LogP contribution in [0.1, 0.15) is 11.3 Å². The summed E-state index contributed by atoms with van der Waals surface area (Å²) in [7, 11) is 0. The quantitative estimate of drug-likeness (QED) is 0.846. The lowest BCUT2D eigenvalue weighted by atomic mass is 10.2. The zero-order valence-corrected chi connectivity index (χ0v) is 11.7. The maximum Gasteiger partial charge on any atom is 0.328 e. The second-order valence-electron chi connectivity index (χ2n) is 4.27. The van der Waals surface area contributed by atoms with Crippen molar-refractivity contribution in [2.45, 2.75) is 6.92 Å². The number of aromatic nitrogens is 2. The molecule has 0 bridgehead atoms. The van der Waals surface area contributed by atoms with E-state index in [0.717, 1.165) is 28.5 Å². The lowest BCUT2D eigenvalue weighted by Crippen LogP contribution is -2.20. The molecule has 6 nitrogen and oxygen atoms in total. The van der Waals surface area contributed by atoms with Crippen molar-refractivity contribution in [3.05, 3.63) is 57.0 Å². The highest BCUT2D eigenvalue weighted by Crippen LogP contribution is 2.19. The summed E-state index contributed by atoms with van der Waals surface area (Å²) in [4.78, 5) is 22.4. The molecular formula is C14H11ClN2O4. The van der Waals surface area contributed by atoms with Crippen molar-refractivity contribution in [1.29, 1.82) is 0 Å². The third-order valence-corrected chi connectivity index (χ3v) is 3.13. The summed E-state index contributed by atoms with van der Waals surface area (Å²) in [6.07, 6.45) is 1.92. The molecule has 7 heteroatoms. The molecule has 0 amide bonds. The Morgan fingerprint density at radius 3 is 2.71 bits per heavy atom. The maximum atomic E-state index is 11.9. The summed E-state index contributed by atoms with van der Waals surface area (Å²) in [5, 5.41) is 22.6. The minimum atomic E-state index is -1.19. The molecule has 0 unspecified atom stereocenters. The SMILES string of the molecule is Cc1ccc(-n2nc(/C=C/C(=O)O)c(O)cc2=O)cc1Cl. The topological polar surface area (TPSA) is 92.4 Å². The monoisotopic (exact) mass is 306 g/mol. The molecule has 0 saturated carbocycles. The van der Waals surface area contributed by atoms with E-state index in [-0.39, 0.29) is 5.69 Å². The van der Waals surface area contributed by atoms with Crippen molar-refractivity contribution >= 4 is 23.6 Å². The van der Waals surface area contributed by atoms with Crippen molar-refractivity contribution in [3.63, 3.8) is 0 Å². The molecule has 0 radical (unpaired) electrons. The summed E-state index contributed by atoms with van der Waals surface area (Å²) < 4.78 is 1.03. The molecule has 2 rings (SSSR count). The average molecular weight is 307 g/mol. The van der Waals surface area contributed by atoms with E-state index in [1.54, 1.807) is 18.2 Å². The number of nitrogens with zero attached hydrogens (tertiary/aromatic N) is 2. The first-order valence-electron chi connectivity index (χ1n) is 5.89. The second kappa shape index (κ2) is 5.80. The predicted molar refractivity (Wildman–Crippen MR) is 77.9 cm³/mol. The fourth-order valence-corrected chi connectivity index (χ4v) is 1.80. The number of aryl methyl sites for hydroxylation is 1. The molecule has 0 aliphatic carbocycles. The number of hydrogen-bond acceptors (Lipinski definition) is 4. The number of aromatic hydroxyl groups is 1. The van der Waals surface area contributed by atoms with Crippen molar-refractivity contribution in [2.75, 3.05) is 0 Å². The van der Waals surface area contributed by atoms with Crippen molar-refractivity contribution in [3.8, 4) is 11.4 Å². The Kier molecular flexibility index (Phi) is 4.09. The number of halogens is 1. The normalized spacial score (nSPS) is 11.0. The summed E-state index contributed by atoms with van der Waals surface area (Å²) >= 11 is 6.01. The van der Waals surface area contributed by atoms with E-state index in [1.807, 2.05) is 6.92 Å². The number of carboxylic acids is 1. The average Bonchev–Trinajstić information content (AvgIpc) is 2.41. The molecule has 0 atom stereocenters. The van der Waals surface area contributed by atoms with Crippen LogP contribution in [0.3, 0.4) is 0 Å². The Hall–Kier alpha value is -2.60. The molecule has 0 aliphatic rings. The second-order valence-corrected chi connectivity index (χ2v) is 4.68. The van der Waals surface area contributed by atoms with Gasteiger partial charge in [-0.1, -0.05) is 17.7 Å². The summed E-state index contributed by atoms with van der Waals surface area (Å²) in [6.45, 7) is 1.82. The van der Waals surface area contributed by atoms with Gasteiger partial charge in [-0.25, -0.2) is 4.79 Å². The number of carboxylic acid groups (broad SMARTS) is 1. The summed E-state index contributed by atoms with van der Waals surface area (Å²) in [5.41, 5.74) is 0.674. The Labute approximate surface area is 124 Å². The molecular weight excluding hydrogens is 296 g/mol. The lowest BCUT2D eigenvalue weighted by Gasteiger charge is -2.08. The van der Waals surface area contributed by atoms with Crippen LogP contribution in [0.2, 0.25) is 5.02 Å². The van der Waals surface area contributed by atoms with Crippen molar-refractivity contribution < 1.29 is 15.0 Å². The van der Waals surface area contributed by atoms with Gasteiger partial charge in [-0.3, -0.25) is 4.79 Å². The largest absolute Gasteiger partial charge is 0.505 e. The summed E-state index contributed by atoms with van der Waals surface area (Å²) in [5.74, 6) is -1.58. The third-order valence-electron chi connectivity index (χ3n) is 2.72. The van der Waals surface area contributed by atoms with Gasteiger partial charge in [0.05, 0.1) is 5.69 Å². The molecule has 1 heterocycles. The van der Waals surface area contributed by atoms with Crippen LogP contribution < -0.4 is 5.56 Å². The fourth-order valence-electron chi connectivity index (χ4n) is 1.63. The molecule has 0 fully saturated rings. The van der Waals surface area contributed by atoms with E-state index in [9.17, 15) is 14.7 Å². The first-order valence-corrected chi connectivity index (χ1v) is 6.27. The Morgan fingerprint density at radius 2 is 2.10 bits per heavy atom. The van der Waals surface area contributed by atoms with Crippen LogP contribution in [0.5, 0.6) is 5.75 Å². The van der Waals surface area contributed by atoms with E-state index in [4.69, 9.17) is 16.7 Å². The standard InChI is InChI=1S/C14H11ClN2O4/c1-8-2-3-9(6-10(8)15)17-13(19)7-12(18)11(16-17)4-5-14(20)21/h2-7,18H,1H3,(H,20,21)/b5-4+. The number of rotatable bonds is 3. The zero-order chi connectivity index (χ0) is 15.6. The van der Waals surface area contributed by atoms with Gasteiger partial charge >= 0.3 is 5.97 Å². The molecule has 0 saturated heterocycles. The van der Waals surface area contributed by atoms with E-state index in [2.05, 4.69) is 5.10 Å². The first kappa shape index (κ1) is 14.8. The van der Waals surface area contributed by atoms with Crippen LogP contribution >= 0.6 is 11.6 Å². The van der Waals surface area contributed by atoms with Crippen LogP contribution in [0.4, 0.5) is 0 Å². The minimum absolute atomic E-state index is 0.0336. The first-order chi connectivity index (χ1) is 9.88. The van der Waals surface area contributed by atoms with Crippen LogP contribution in [0, 0.1) is 6.92 Å². The summed E-state index contributed by atoms with van der Waals surface area (Å²) in [6, 6.07) is 5.90. The van der Waals surface area contributed by atoms with E-state index in [0.29, 0.717) is 10.7 Å². The van der Waals surface area contributed by atoms with Crippen LogP contribution in [0.15, 0.2) is 35.1 Å². The highest BCUT2D eigenvalue weighted by atomic mass is 35.5. The molecule has 2 N–H and O–H groups in total. The van der Waals surface area contributed by atoms with Gasteiger partial charge in [0.2, 0.25) is 0 Å². The van der Waals surface area contributed by atoms with Gasteiger partial charge in [-0.15, -0.1) is 0 Å². The van der Waals surface area contributed by atoms with Crippen LogP contribution in [-0.4, -0.2) is 26.0 Å². The van der Waals surface area contributed by atoms with Crippen molar-refractivity contribution in [2.24, 2.45) is 0 Å². The number of aliphatic carboxylic acids is 1. The number of carbonyl (C=O) groups is 1. The maximum absolute atomic E-state index is 11.9. The molecule has 0 aliphatic heterocycles. The van der Waals surface area contributed by atoms with Crippen LogP contribution in [-0.2, 0) is 4.79 Å². The molecule has 0 spiro atoms. The van der Waals surface area contributed by atoms with Crippen molar-refractivity contribution in [1.82, 2.24) is 9.78 Å². The molecule has 108 valence electrons. The highest BCUT2D eigenvalue weighted by molar-refractivity contribution is 6.31. The smallest absolute Gasteiger partial charge is 0.328 e. The third kappa shape index (κ3) is 3.29. The Bertz CT molecular complexity index is 796. The number of hydrogen-bond donors (Lipinski definition) is 2. The fraction of sp³-hybridized carbons (Fsp3) is 0.0714. The lowest BCUT2D eigenvalue weighted by molar-refractivity contribution is -0.131. The van der Waals surface area contributed by atoms with Gasteiger partial charge in [-0.2, -0.15) is 9.78 Å². The molecule has 1 aromatic carbocycles.